The fourth-order valence-electron chi connectivity index (χ4n) is 3.35. The van der Waals surface area contributed by atoms with Gasteiger partial charge in [-0.25, -0.2) is 9.88 Å². The largest absolute Gasteiger partial charge is 0.494 e. The number of hydrogen-bond acceptors (Lipinski definition) is 6. The molecule has 3 aromatic rings. The topological polar surface area (TPSA) is 83.3 Å². The Bertz CT molecular complexity index is 1160. The zero-order valence-corrected chi connectivity index (χ0v) is 17.6. The van der Waals surface area contributed by atoms with Gasteiger partial charge in [0.25, 0.3) is 0 Å². The highest BCUT2D eigenvalue weighted by molar-refractivity contribution is 8.00. The quantitative estimate of drug-likeness (QED) is 0.539. The molecule has 1 atom stereocenters. The number of nitriles is 1. The third-order valence-electron chi connectivity index (χ3n) is 4.82. The Morgan fingerprint density at radius 1 is 1.10 bits per heavy atom. The average Bonchev–Trinajstić information content (AvgIpc) is 3.08. The van der Waals surface area contributed by atoms with Gasteiger partial charge in [0.2, 0.25) is 11.8 Å². The molecule has 0 aliphatic carbocycles. The Hall–Kier alpha value is -3.63. The fraction of sp³-hybridized carbons (Fsp3) is 0.167. The van der Waals surface area contributed by atoms with E-state index in [0.29, 0.717) is 34.3 Å². The van der Waals surface area contributed by atoms with Gasteiger partial charge in [-0.05, 0) is 43.3 Å². The van der Waals surface area contributed by atoms with Crippen molar-refractivity contribution >= 4 is 29.3 Å². The van der Waals surface area contributed by atoms with Crippen LogP contribution < -0.4 is 9.64 Å². The molecule has 31 heavy (non-hydrogen) atoms. The van der Waals surface area contributed by atoms with Gasteiger partial charge in [-0.2, -0.15) is 5.26 Å². The van der Waals surface area contributed by atoms with Gasteiger partial charge in [0.1, 0.15) is 16.8 Å². The average molecular weight is 430 g/mol. The number of benzene rings is 2. The van der Waals surface area contributed by atoms with E-state index < -0.39 is 5.25 Å². The van der Waals surface area contributed by atoms with Gasteiger partial charge in [0, 0.05) is 12.0 Å². The van der Waals surface area contributed by atoms with Gasteiger partial charge in [0.15, 0.2) is 0 Å². The van der Waals surface area contributed by atoms with Crippen LogP contribution in [0.3, 0.4) is 0 Å². The third-order valence-corrected chi connectivity index (χ3v) is 6.00. The molecule has 2 aromatic carbocycles. The highest BCUT2D eigenvalue weighted by Gasteiger charge is 2.40. The lowest BCUT2D eigenvalue weighted by molar-refractivity contribution is -0.121. The first-order chi connectivity index (χ1) is 15.1. The Balaban J connectivity index is 1.58. The number of rotatable bonds is 6. The number of thioether (sulfide) groups is 1. The number of amides is 2. The van der Waals surface area contributed by atoms with Crippen molar-refractivity contribution in [2.24, 2.45) is 0 Å². The summed E-state index contributed by atoms with van der Waals surface area (Å²) < 4.78 is 5.42. The van der Waals surface area contributed by atoms with E-state index in [1.54, 1.807) is 36.4 Å². The number of pyridine rings is 1. The van der Waals surface area contributed by atoms with Gasteiger partial charge in [-0.3, -0.25) is 9.59 Å². The molecule has 2 amide bonds. The summed E-state index contributed by atoms with van der Waals surface area (Å²) >= 11 is 1.16. The number of carbonyl (C=O) groups excluding carboxylic acids is 2. The van der Waals surface area contributed by atoms with Crippen molar-refractivity contribution in [1.82, 2.24) is 4.98 Å². The molecule has 0 saturated carbocycles. The number of anilines is 1. The summed E-state index contributed by atoms with van der Waals surface area (Å²) in [5.41, 5.74) is 2.51. The summed E-state index contributed by atoms with van der Waals surface area (Å²) in [5, 5.41) is 9.31. The van der Waals surface area contributed by atoms with E-state index in [0.717, 1.165) is 17.3 Å². The minimum Gasteiger partial charge on any atom is -0.494 e. The summed E-state index contributed by atoms with van der Waals surface area (Å²) in [6.07, 6.45) is 0.0544. The van der Waals surface area contributed by atoms with Crippen molar-refractivity contribution in [3.05, 3.63) is 72.3 Å². The zero-order valence-electron chi connectivity index (χ0n) is 16.8. The van der Waals surface area contributed by atoms with Crippen molar-refractivity contribution in [3.8, 4) is 23.1 Å². The predicted octanol–water partition coefficient (Wildman–Crippen LogP) is 4.44. The van der Waals surface area contributed by atoms with E-state index in [1.807, 2.05) is 37.3 Å². The van der Waals surface area contributed by atoms with Gasteiger partial charge in [0.05, 0.1) is 28.8 Å². The summed E-state index contributed by atoms with van der Waals surface area (Å²) in [7, 11) is 0. The highest BCUT2D eigenvalue weighted by atomic mass is 32.2. The van der Waals surface area contributed by atoms with Crippen LogP contribution in [-0.2, 0) is 9.59 Å². The SMILES string of the molecule is CCOc1ccc(N2C(=O)CC(Sc3nc(-c4ccccc4)ccc3C#N)C2=O)cc1. The van der Waals surface area contributed by atoms with Crippen molar-refractivity contribution < 1.29 is 14.3 Å². The maximum atomic E-state index is 13.0. The highest BCUT2D eigenvalue weighted by Crippen LogP contribution is 2.36. The van der Waals surface area contributed by atoms with E-state index in [-0.39, 0.29) is 18.2 Å². The summed E-state index contributed by atoms with van der Waals surface area (Å²) in [6, 6.07) is 22.1. The van der Waals surface area contributed by atoms with Crippen LogP contribution in [0.1, 0.15) is 18.9 Å². The molecule has 1 saturated heterocycles. The molecule has 0 spiro atoms. The predicted molar refractivity (Wildman–Crippen MR) is 119 cm³/mol. The number of carbonyl (C=O) groups is 2. The van der Waals surface area contributed by atoms with Gasteiger partial charge in [-0.15, -0.1) is 0 Å². The standard InChI is InChI=1S/C24H19N3O3S/c1-2-30-19-11-9-18(10-12-19)27-22(28)14-21(24(27)29)31-23-17(15-25)8-13-20(26-23)16-6-4-3-5-7-16/h3-13,21H,2,14H2,1H3. The fourth-order valence-corrected chi connectivity index (χ4v) is 4.44. The summed E-state index contributed by atoms with van der Waals surface area (Å²) in [6.45, 7) is 2.43. The van der Waals surface area contributed by atoms with Crippen molar-refractivity contribution in [3.63, 3.8) is 0 Å². The molecule has 1 aromatic heterocycles. The van der Waals surface area contributed by atoms with Crippen molar-refractivity contribution in [1.29, 1.82) is 5.26 Å². The van der Waals surface area contributed by atoms with Crippen LogP contribution in [0.15, 0.2) is 71.8 Å². The molecule has 0 N–H and O–H groups in total. The van der Waals surface area contributed by atoms with Gasteiger partial charge < -0.3 is 4.74 Å². The molecule has 6 nitrogen and oxygen atoms in total. The van der Waals surface area contributed by atoms with E-state index >= 15 is 0 Å². The molecule has 4 rings (SSSR count). The van der Waals surface area contributed by atoms with Gasteiger partial charge >= 0.3 is 0 Å². The lowest BCUT2D eigenvalue weighted by Gasteiger charge is -2.15. The van der Waals surface area contributed by atoms with Crippen LogP contribution in [0, 0.1) is 11.3 Å². The van der Waals surface area contributed by atoms with E-state index in [4.69, 9.17) is 4.74 Å². The second-order valence-corrected chi connectivity index (χ2v) is 8.02. The second kappa shape index (κ2) is 9.02. The lowest BCUT2D eigenvalue weighted by atomic mass is 10.1. The number of nitrogens with zero attached hydrogens (tertiary/aromatic N) is 3. The normalized spacial score (nSPS) is 15.7. The summed E-state index contributed by atoms with van der Waals surface area (Å²) in [4.78, 5) is 31.4. The Morgan fingerprint density at radius 3 is 2.52 bits per heavy atom. The zero-order chi connectivity index (χ0) is 21.8. The van der Waals surface area contributed by atoms with E-state index in [9.17, 15) is 14.9 Å². The van der Waals surface area contributed by atoms with Crippen molar-refractivity contribution in [2.45, 2.75) is 23.6 Å². The first-order valence-electron chi connectivity index (χ1n) is 9.83. The molecule has 7 heteroatoms. The molecular weight excluding hydrogens is 410 g/mol. The number of hydrogen-bond donors (Lipinski definition) is 0. The van der Waals surface area contributed by atoms with Crippen LogP contribution in [0.2, 0.25) is 0 Å². The molecule has 1 aliphatic heterocycles. The monoisotopic (exact) mass is 429 g/mol. The molecule has 1 unspecified atom stereocenters. The second-order valence-electron chi connectivity index (χ2n) is 6.83. The minimum absolute atomic E-state index is 0.0544. The molecule has 2 heterocycles. The van der Waals surface area contributed by atoms with Crippen molar-refractivity contribution in [2.75, 3.05) is 11.5 Å². The maximum Gasteiger partial charge on any atom is 0.247 e. The third kappa shape index (κ3) is 4.30. The van der Waals surface area contributed by atoms with Crippen LogP contribution in [0.25, 0.3) is 11.3 Å². The van der Waals surface area contributed by atoms with Crippen LogP contribution >= 0.6 is 11.8 Å². The number of ether oxygens (including phenoxy) is 1. The Kier molecular flexibility index (Phi) is 6.01. The Labute approximate surface area is 184 Å². The lowest BCUT2D eigenvalue weighted by Crippen LogP contribution is -2.31. The molecule has 154 valence electrons. The molecule has 0 bridgehead atoms. The maximum absolute atomic E-state index is 13.0. The minimum atomic E-state index is -0.635. The first-order valence-corrected chi connectivity index (χ1v) is 10.7. The first kappa shape index (κ1) is 20.6. The molecular formula is C24H19N3O3S. The number of aromatic nitrogens is 1. The molecule has 1 aliphatic rings. The molecule has 0 radical (unpaired) electrons. The van der Waals surface area contributed by atoms with Gasteiger partial charge in [-0.1, -0.05) is 42.1 Å². The van der Waals surface area contributed by atoms with E-state index in [1.165, 1.54) is 4.90 Å². The van der Waals surface area contributed by atoms with Crippen LogP contribution in [0.4, 0.5) is 5.69 Å². The Morgan fingerprint density at radius 2 is 1.84 bits per heavy atom. The smallest absolute Gasteiger partial charge is 0.247 e. The van der Waals surface area contributed by atoms with Crippen LogP contribution in [0.5, 0.6) is 5.75 Å². The molecule has 1 fully saturated rings. The van der Waals surface area contributed by atoms with E-state index in [2.05, 4.69) is 11.1 Å². The summed E-state index contributed by atoms with van der Waals surface area (Å²) in [5.74, 6) is 0.0937. The van der Waals surface area contributed by atoms with Crippen LogP contribution in [-0.4, -0.2) is 28.7 Å². The number of imide groups is 1.